The second kappa shape index (κ2) is 6.62. The smallest absolute Gasteiger partial charge is 0.220 e. The van der Waals surface area contributed by atoms with Crippen molar-refractivity contribution in [2.24, 2.45) is 11.7 Å². The highest BCUT2D eigenvalue weighted by molar-refractivity contribution is 5.76. The quantitative estimate of drug-likeness (QED) is 0.654. The van der Waals surface area contributed by atoms with Gasteiger partial charge in [-0.3, -0.25) is 4.79 Å². The molecule has 0 aromatic carbocycles. The highest BCUT2D eigenvalue weighted by Gasteiger charge is 2.13. The number of rotatable bonds is 6. The Morgan fingerprint density at radius 2 is 2.13 bits per heavy atom. The Labute approximate surface area is 92.1 Å². The summed E-state index contributed by atoms with van der Waals surface area (Å²) in [5, 5.41) is 3.04. The van der Waals surface area contributed by atoms with Crippen LogP contribution in [-0.4, -0.2) is 18.5 Å². The Balaban J connectivity index is 2.07. The predicted molar refractivity (Wildman–Crippen MR) is 62.4 cm³/mol. The number of hydrogen-bond acceptors (Lipinski definition) is 2. The minimum atomic E-state index is 0.188. The summed E-state index contributed by atoms with van der Waals surface area (Å²) in [5.74, 6) is 0.745. The van der Waals surface area contributed by atoms with E-state index >= 15 is 0 Å². The first kappa shape index (κ1) is 12.2. The second-order valence-corrected chi connectivity index (χ2v) is 4.43. The van der Waals surface area contributed by atoms with Crippen LogP contribution in [0.4, 0.5) is 0 Å². The minimum absolute atomic E-state index is 0.188. The summed E-state index contributed by atoms with van der Waals surface area (Å²) in [7, 11) is 0. The van der Waals surface area contributed by atoms with E-state index in [9.17, 15) is 4.79 Å². The van der Waals surface area contributed by atoms with Crippen molar-refractivity contribution in [2.45, 2.75) is 45.1 Å². The fourth-order valence-electron chi connectivity index (χ4n) is 1.84. The Kier molecular flexibility index (Phi) is 5.40. The van der Waals surface area contributed by atoms with Gasteiger partial charge in [0.1, 0.15) is 0 Å². The fraction of sp³-hybridized carbons (Fsp3) is 0.750. The van der Waals surface area contributed by atoms with E-state index in [-0.39, 0.29) is 5.91 Å². The molecule has 0 aromatic rings. The highest BCUT2D eigenvalue weighted by atomic mass is 16.1. The zero-order chi connectivity index (χ0) is 11.1. The maximum absolute atomic E-state index is 11.5. The molecule has 0 bridgehead atoms. The van der Waals surface area contributed by atoms with Crippen molar-refractivity contribution in [1.29, 1.82) is 0 Å². The van der Waals surface area contributed by atoms with E-state index in [1.807, 2.05) is 0 Å². The molecule has 0 aromatic heterocycles. The lowest BCUT2D eigenvalue weighted by Gasteiger charge is -2.13. The van der Waals surface area contributed by atoms with Crippen LogP contribution in [0.5, 0.6) is 0 Å². The Morgan fingerprint density at radius 3 is 2.73 bits per heavy atom. The van der Waals surface area contributed by atoms with Gasteiger partial charge in [-0.25, -0.2) is 0 Å². The normalized spacial score (nSPS) is 18.0. The monoisotopic (exact) mass is 210 g/mol. The molecule has 0 saturated heterocycles. The summed E-state index contributed by atoms with van der Waals surface area (Å²) in [6.07, 6.45) is 8.83. The highest BCUT2D eigenvalue weighted by Crippen LogP contribution is 2.12. The molecule has 0 spiro atoms. The first-order valence-corrected chi connectivity index (χ1v) is 5.86. The summed E-state index contributed by atoms with van der Waals surface area (Å²) in [5.41, 5.74) is 5.46. The molecule has 3 N–H and O–H groups in total. The van der Waals surface area contributed by atoms with Crippen LogP contribution in [0.1, 0.15) is 39.0 Å². The molecule has 86 valence electrons. The summed E-state index contributed by atoms with van der Waals surface area (Å²) in [6, 6.07) is 0.349. The standard InChI is InChI=1S/C12H22N2O/c1-10(8-9-13)6-7-12(15)14-11-4-2-3-5-11/h2-3,10-11H,4-9,13H2,1H3,(H,14,15). The van der Waals surface area contributed by atoms with Crippen molar-refractivity contribution in [3.8, 4) is 0 Å². The topological polar surface area (TPSA) is 55.1 Å². The number of carbonyl (C=O) groups is 1. The van der Waals surface area contributed by atoms with Gasteiger partial charge in [-0.05, 0) is 38.1 Å². The first-order valence-electron chi connectivity index (χ1n) is 5.86. The van der Waals surface area contributed by atoms with Crippen LogP contribution in [0.15, 0.2) is 12.2 Å². The van der Waals surface area contributed by atoms with Gasteiger partial charge in [0.2, 0.25) is 5.91 Å². The van der Waals surface area contributed by atoms with Crippen LogP contribution in [0, 0.1) is 5.92 Å². The molecular weight excluding hydrogens is 188 g/mol. The Hall–Kier alpha value is -0.830. The molecule has 1 rings (SSSR count). The molecule has 0 saturated carbocycles. The van der Waals surface area contributed by atoms with Crippen LogP contribution in [0.25, 0.3) is 0 Å². The molecule has 15 heavy (non-hydrogen) atoms. The van der Waals surface area contributed by atoms with Gasteiger partial charge >= 0.3 is 0 Å². The van der Waals surface area contributed by atoms with Gasteiger partial charge in [0.05, 0.1) is 0 Å². The van der Waals surface area contributed by atoms with E-state index < -0.39 is 0 Å². The second-order valence-electron chi connectivity index (χ2n) is 4.43. The maximum atomic E-state index is 11.5. The number of amides is 1. The van der Waals surface area contributed by atoms with Gasteiger partial charge in [-0.15, -0.1) is 0 Å². The van der Waals surface area contributed by atoms with Crippen LogP contribution in [0.3, 0.4) is 0 Å². The third-order valence-corrected chi connectivity index (χ3v) is 2.90. The van der Waals surface area contributed by atoms with Crippen LogP contribution in [0.2, 0.25) is 0 Å². The number of carbonyl (C=O) groups excluding carboxylic acids is 1. The molecule has 1 unspecified atom stereocenters. The van der Waals surface area contributed by atoms with Gasteiger partial charge in [0, 0.05) is 12.5 Å². The van der Waals surface area contributed by atoms with Gasteiger partial charge < -0.3 is 11.1 Å². The third kappa shape index (κ3) is 4.98. The largest absolute Gasteiger partial charge is 0.353 e. The van der Waals surface area contributed by atoms with Gasteiger partial charge in [0.15, 0.2) is 0 Å². The fourth-order valence-corrected chi connectivity index (χ4v) is 1.84. The molecule has 3 nitrogen and oxygen atoms in total. The lowest BCUT2D eigenvalue weighted by atomic mass is 10.0. The molecule has 1 amide bonds. The molecule has 0 aliphatic heterocycles. The molecule has 0 heterocycles. The van der Waals surface area contributed by atoms with Gasteiger partial charge in [0.25, 0.3) is 0 Å². The molecule has 0 fully saturated rings. The molecule has 1 aliphatic carbocycles. The van der Waals surface area contributed by atoms with Crippen LogP contribution in [-0.2, 0) is 4.79 Å². The maximum Gasteiger partial charge on any atom is 0.220 e. The molecule has 0 radical (unpaired) electrons. The van der Waals surface area contributed by atoms with Gasteiger partial charge in [-0.2, -0.15) is 0 Å². The summed E-state index contributed by atoms with van der Waals surface area (Å²) in [4.78, 5) is 11.5. The average Bonchev–Trinajstić information content (AvgIpc) is 2.68. The zero-order valence-electron chi connectivity index (χ0n) is 9.54. The van der Waals surface area contributed by atoms with Crippen molar-refractivity contribution in [1.82, 2.24) is 5.32 Å². The van der Waals surface area contributed by atoms with Gasteiger partial charge in [-0.1, -0.05) is 19.1 Å². The molecule has 1 atom stereocenters. The molecule has 1 aliphatic rings. The minimum Gasteiger partial charge on any atom is -0.353 e. The van der Waals surface area contributed by atoms with E-state index in [1.165, 1.54) is 0 Å². The van der Waals surface area contributed by atoms with E-state index in [0.29, 0.717) is 18.4 Å². The van der Waals surface area contributed by atoms with E-state index in [0.717, 1.165) is 32.2 Å². The number of nitrogens with one attached hydrogen (secondary N) is 1. The summed E-state index contributed by atoms with van der Waals surface area (Å²) >= 11 is 0. The lowest BCUT2D eigenvalue weighted by molar-refractivity contribution is -0.122. The predicted octanol–water partition coefficient (Wildman–Crippen LogP) is 1.59. The number of hydrogen-bond donors (Lipinski definition) is 2. The molecular formula is C12H22N2O. The Morgan fingerprint density at radius 1 is 1.47 bits per heavy atom. The van der Waals surface area contributed by atoms with E-state index in [1.54, 1.807) is 0 Å². The SMILES string of the molecule is CC(CCN)CCC(=O)NC1CC=CC1. The Bertz CT molecular complexity index is 218. The summed E-state index contributed by atoms with van der Waals surface area (Å²) < 4.78 is 0. The van der Waals surface area contributed by atoms with Crippen molar-refractivity contribution >= 4 is 5.91 Å². The van der Waals surface area contributed by atoms with E-state index in [4.69, 9.17) is 5.73 Å². The van der Waals surface area contributed by atoms with Crippen molar-refractivity contribution < 1.29 is 4.79 Å². The molecule has 3 heteroatoms. The first-order chi connectivity index (χ1) is 7.22. The lowest BCUT2D eigenvalue weighted by Crippen LogP contribution is -2.32. The van der Waals surface area contributed by atoms with Crippen molar-refractivity contribution in [3.63, 3.8) is 0 Å². The van der Waals surface area contributed by atoms with E-state index in [2.05, 4.69) is 24.4 Å². The number of nitrogens with two attached hydrogens (primary N) is 1. The zero-order valence-corrected chi connectivity index (χ0v) is 9.54. The van der Waals surface area contributed by atoms with Crippen LogP contribution < -0.4 is 11.1 Å². The summed E-state index contributed by atoms with van der Waals surface area (Å²) in [6.45, 7) is 2.87. The average molecular weight is 210 g/mol. The van der Waals surface area contributed by atoms with Crippen molar-refractivity contribution in [2.75, 3.05) is 6.54 Å². The van der Waals surface area contributed by atoms with Crippen molar-refractivity contribution in [3.05, 3.63) is 12.2 Å². The third-order valence-electron chi connectivity index (χ3n) is 2.90. The van der Waals surface area contributed by atoms with Crippen LogP contribution >= 0.6 is 0 Å².